The number of carbonyl (C=O) groups is 3. The van der Waals surface area contributed by atoms with Gasteiger partial charge in [-0.3, -0.25) is 9.59 Å². The topological polar surface area (TPSA) is 63.7 Å². The van der Waals surface area contributed by atoms with E-state index in [1.54, 1.807) is 0 Å². The predicted molar refractivity (Wildman–Crippen MR) is 49.2 cm³/mol. The molecule has 8 heteroatoms. The third-order valence-corrected chi connectivity index (χ3v) is 1.63. The molecule has 0 radical (unpaired) electrons. The van der Waals surface area contributed by atoms with E-state index in [2.05, 4.69) is 4.84 Å². The predicted octanol–water partition coefficient (Wildman–Crippen LogP) is 1.57. The van der Waals surface area contributed by atoms with E-state index in [4.69, 9.17) is 0 Å². The van der Waals surface area contributed by atoms with Gasteiger partial charge in [-0.1, -0.05) is 6.92 Å². The molecular weight excluding hydrogens is 243 g/mol. The van der Waals surface area contributed by atoms with Gasteiger partial charge in [0.2, 0.25) is 0 Å². The molecule has 0 aromatic carbocycles. The molecule has 0 spiro atoms. The summed E-state index contributed by atoms with van der Waals surface area (Å²) in [6.07, 6.45) is -4.43. The zero-order valence-electron chi connectivity index (χ0n) is 9.34. The number of carbonyl (C=O) groups excluding carboxylic acids is 3. The average Bonchev–Trinajstić information content (AvgIpc) is 2.49. The Bertz CT molecular complexity index is 298. The van der Waals surface area contributed by atoms with E-state index in [1.807, 2.05) is 0 Å². The molecular formula is C9H12F3NO4. The van der Waals surface area contributed by atoms with Crippen molar-refractivity contribution in [1.82, 2.24) is 5.06 Å². The summed E-state index contributed by atoms with van der Waals surface area (Å²) in [5, 5.41) is 0.516. The molecule has 98 valence electrons. The van der Waals surface area contributed by atoms with Crippen LogP contribution >= 0.6 is 0 Å². The van der Waals surface area contributed by atoms with E-state index in [-0.39, 0.29) is 12.8 Å². The summed E-state index contributed by atoms with van der Waals surface area (Å²) in [5.74, 6) is -1.57. The van der Waals surface area contributed by atoms with Crippen molar-refractivity contribution in [1.29, 1.82) is 0 Å². The number of rotatable bonds is 1. The van der Waals surface area contributed by atoms with Crippen molar-refractivity contribution in [3.8, 4) is 0 Å². The van der Waals surface area contributed by atoms with Crippen LogP contribution in [0.3, 0.4) is 0 Å². The van der Waals surface area contributed by atoms with Crippen molar-refractivity contribution in [2.75, 3.05) is 0 Å². The number of hydroxylamine groups is 2. The third kappa shape index (κ3) is 6.54. The molecule has 5 nitrogen and oxygen atoms in total. The van der Waals surface area contributed by atoms with Crippen LogP contribution < -0.4 is 0 Å². The first kappa shape index (κ1) is 15.4. The molecule has 0 bridgehead atoms. The van der Waals surface area contributed by atoms with Crippen molar-refractivity contribution >= 4 is 17.8 Å². The quantitative estimate of drug-likeness (QED) is 0.667. The smallest absolute Gasteiger partial charge is 0.331 e. The van der Waals surface area contributed by atoms with Gasteiger partial charge in [0.05, 0.1) is 0 Å². The molecule has 0 atom stereocenters. The highest BCUT2D eigenvalue weighted by atomic mass is 19.4. The van der Waals surface area contributed by atoms with Crippen molar-refractivity contribution in [2.45, 2.75) is 39.3 Å². The highest BCUT2D eigenvalue weighted by molar-refractivity contribution is 6.01. The number of hydrogen-bond donors (Lipinski definition) is 0. The Morgan fingerprint density at radius 3 is 1.88 bits per heavy atom. The van der Waals surface area contributed by atoms with Crippen molar-refractivity contribution in [3.63, 3.8) is 0 Å². The summed E-state index contributed by atoms with van der Waals surface area (Å²) in [4.78, 5) is 36.1. The van der Waals surface area contributed by atoms with Crippen LogP contribution in [0.25, 0.3) is 0 Å². The fraction of sp³-hybridized carbons (Fsp3) is 0.667. The summed E-state index contributed by atoms with van der Waals surface area (Å²) < 4.78 is 32.4. The normalized spacial score (nSPS) is 15.5. The molecule has 0 unspecified atom stereocenters. The van der Waals surface area contributed by atoms with Crippen molar-refractivity contribution in [3.05, 3.63) is 0 Å². The molecule has 1 rings (SSSR count). The first-order valence-electron chi connectivity index (χ1n) is 4.78. The number of nitrogens with zero attached hydrogens (tertiary/aromatic N) is 1. The lowest BCUT2D eigenvalue weighted by Gasteiger charge is -2.09. The monoisotopic (exact) mass is 255 g/mol. The summed E-state index contributed by atoms with van der Waals surface area (Å²) in [5.41, 5.74) is 0. The first-order valence-corrected chi connectivity index (χ1v) is 4.78. The molecule has 0 N–H and O–H groups in total. The average molecular weight is 255 g/mol. The molecule has 1 heterocycles. The molecule has 1 saturated heterocycles. The molecule has 0 saturated carbocycles. The van der Waals surface area contributed by atoms with Gasteiger partial charge in [-0.15, -0.1) is 5.06 Å². The second-order valence-corrected chi connectivity index (χ2v) is 3.13. The molecule has 1 aliphatic rings. The minimum absolute atomic E-state index is 0.131. The molecule has 0 aromatic heterocycles. The van der Waals surface area contributed by atoms with E-state index in [0.29, 0.717) is 5.06 Å². The molecule has 17 heavy (non-hydrogen) atoms. The van der Waals surface area contributed by atoms with Gasteiger partial charge in [0, 0.05) is 26.2 Å². The Balaban J connectivity index is 0.000000366. The number of imide groups is 1. The lowest BCUT2D eigenvalue weighted by Crippen LogP contribution is -2.30. The molecule has 0 aromatic rings. The molecule has 1 aliphatic heterocycles. The Labute approximate surface area is 95.5 Å². The van der Waals surface area contributed by atoms with E-state index >= 15 is 0 Å². The second kappa shape index (κ2) is 6.21. The Morgan fingerprint density at radius 2 is 1.65 bits per heavy atom. The fourth-order valence-corrected chi connectivity index (χ4v) is 0.786. The summed E-state index contributed by atoms with van der Waals surface area (Å²) in [6.45, 7) is 2.22. The number of halogens is 3. The summed E-state index contributed by atoms with van der Waals surface area (Å²) in [7, 11) is 0. The SMILES string of the molecule is CC(=O)ON1C(=O)CCC1=O.CCC(F)(F)F. The third-order valence-electron chi connectivity index (χ3n) is 1.63. The van der Waals surface area contributed by atoms with Crippen LogP contribution in [0.5, 0.6) is 0 Å². The maximum atomic E-state index is 10.8. The second-order valence-electron chi connectivity index (χ2n) is 3.13. The van der Waals surface area contributed by atoms with E-state index in [1.165, 1.54) is 0 Å². The van der Waals surface area contributed by atoms with Gasteiger partial charge in [-0.2, -0.15) is 13.2 Å². The molecule has 0 aliphatic carbocycles. The van der Waals surface area contributed by atoms with Crippen molar-refractivity contribution in [2.24, 2.45) is 0 Å². The molecule has 1 fully saturated rings. The standard InChI is InChI=1S/C6H7NO4.C3H5F3/c1-4(8)11-7-5(9)2-3-6(7)10;1-2-3(4,5)6/h2-3H2,1H3;2H2,1H3. The fourth-order valence-electron chi connectivity index (χ4n) is 0.786. The Kier molecular flexibility index (Phi) is 5.63. The number of amides is 2. The maximum absolute atomic E-state index is 10.8. The number of alkyl halides is 3. The first-order chi connectivity index (χ1) is 7.67. The largest absolute Gasteiger partial charge is 0.388 e. The Morgan fingerprint density at radius 1 is 1.29 bits per heavy atom. The van der Waals surface area contributed by atoms with Crippen LogP contribution in [-0.4, -0.2) is 29.0 Å². The van der Waals surface area contributed by atoms with Crippen LogP contribution in [0, 0.1) is 0 Å². The lowest BCUT2D eigenvalue weighted by atomic mass is 10.4. The van der Waals surface area contributed by atoms with Gasteiger partial charge in [-0.05, 0) is 0 Å². The summed E-state index contributed by atoms with van der Waals surface area (Å²) in [6, 6.07) is 0. The molecule has 2 amide bonds. The minimum atomic E-state index is -3.96. The van der Waals surface area contributed by atoms with E-state index in [9.17, 15) is 27.6 Å². The van der Waals surface area contributed by atoms with Crippen LogP contribution in [0.4, 0.5) is 13.2 Å². The van der Waals surface area contributed by atoms with Gasteiger partial charge in [0.15, 0.2) is 0 Å². The van der Waals surface area contributed by atoms with Crippen LogP contribution in [0.2, 0.25) is 0 Å². The van der Waals surface area contributed by atoms with E-state index in [0.717, 1.165) is 13.8 Å². The van der Waals surface area contributed by atoms with Crippen LogP contribution in [0.15, 0.2) is 0 Å². The van der Waals surface area contributed by atoms with Gasteiger partial charge < -0.3 is 4.84 Å². The Hall–Kier alpha value is -1.60. The van der Waals surface area contributed by atoms with E-state index < -0.39 is 30.4 Å². The van der Waals surface area contributed by atoms with Gasteiger partial charge in [-0.25, -0.2) is 4.79 Å². The lowest BCUT2D eigenvalue weighted by molar-refractivity contribution is -0.195. The zero-order valence-corrected chi connectivity index (χ0v) is 9.34. The highest BCUT2D eigenvalue weighted by Gasteiger charge is 2.31. The summed E-state index contributed by atoms with van der Waals surface area (Å²) >= 11 is 0. The van der Waals surface area contributed by atoms with Gasteiger partial charge in [0.1, 0.15) is 0 Å². The van der Waals surface area contributed by atoms with Crippen LogP contribution in [-0.2, 0) is 19.2 Å². The zero-order chi connectivity index (χ0) is 13.6. The highest BCUT2D eigenvalue weighted by Crippen LogP contribution is 2.17. The van der Waals surface area contributed by atoms with Gasteiger partial charge in [0.25, 0.3) is 11.8 Å². The minimum Gasteiger partial charge on any atom is -0.331 e. The van der Waals surface area contributed by atoms with Crippen LogP contribution in [0.1, 0.15) is 33.1 Å². The maximum Gasteiger partial charge on any atom is 0.388 e. The number of hydrogen-bond acceptors (Lipinski definition) is 4. The van der Waals surface area contributed by atoms with Gasteiger partial charge >= 0.3 is 12.1 Å². The van der Waals surface area contributed by atoms with Crippen molar-refractivity contribution < 1.29 is 32.4 Å².